The van der Waals surface area contributed by atoms with E-state index in [9.17, 15) is 27.9 Å². The molecule has 2 aromatic rings. The molecule has 0 spiro atoms. The molecule has 4 rings (SSSR count). The average Bonchev–Trinajstić information content (AvgIpc) is 3.28. The van der Waals surface area contributed by atoms with Gasteiger partial charge in [-0.3, -0.25) is 4.79 Å². The Morgan fingerprint density at radius 1 is 1.02 bits per heavy atom. The second-order valence-electron chi connectivity index (χ2n) is 12.0. The molecule has 9 heteroatoms. The van der Waals surface area contributed by atoms with Gasteiger partial charge in [0.15, 0.2) is 0 Å². The highest BCUT2D eigenvalue weighted by atomic mass is 19.4. The van der Waals surface area contributed by atoms with Crippen molar-refractivity contribution < 1.29 is 32.6 Å². The number of amides is 1. The molecular formula is C31H39F3N2O4. The fourth-order valence-electron chi connectivity index (χ4n) is 6.61. The number of methoxy groups -OCH3 is 1. The zero-order chi connectivity index (χ0) is 29.2. The van der Waals surface area contributed by atoms with E-state index < -0.39 is 47.2 Å². The Morgan fingerprint density at radius 2 is 1.68 bits per heavy atom. The van der Waals surface area contributed by atoms with Crippen LogP contribution in [0.2, 0.25) is 0 Å². The predicted octanol–water partition coefficient (Wildman–Crippen LogP) is 6.45. The van der Waals surface area contributed by atoms with Crippen molar-refractivity contribution in [3.05, 3.63) is 65.2 Å². The first-order valence-electron chi connectivity index (χ1n) is 13.9. The van der Waals surface area contributed by atoms with Gasteiger partial charge in [0.2, 0.25) is 5.91 Å². The SMILES string of the molecule is COc1ccc(CN[C@H]2[C@H](C(C)(C)C)[C@@H](C(=O)O)N(C(=O)C3CCCCC3)[C@H]2c2ccccc2)cc1C(F)(F)F. The van der Waals surface area contributed by atoms with Gasteiger partial charge in [0.05, 0.1) is 18.7 Å². The normalized spacial score (nSPS) is 24.2. The number of carbonyl (C=O) groups excluding carboxylic acids is 1. The number of carboxylic acids is 1. The number of hydrogen-bond donors (Lipinski definition) is 2. The van der Waals surface area contributed by atoms with Gasteiger partial charge in [0, 0.05) is 24.4 Å². The molecule has 2 aromatic carbocycles. The van der Waals surface area contributed by atoms with Crippen molar-refractivity contribution >= 4 is 11.9 Å². The Balaban J connectivity index is 1.78. The number of halogens is 3. The highest BCUT2D eigenvalue weighted by Gasteiger charge is 2.58. The van der Waals surface area contributed by atoms with Crippen LogP contribution in [0.25, 0.3) is 0 Å². The number of carbonyl (C=O) groups is 2. The molecular weight excluding hydrogens is 521 g/mol. The molecule has 1 saturated carbocycles. The Labute approximate surface area is 233 Å². The van der Waals surface area contributed by atoms with Crippen LogP contribution in [0.3, 0.4) is 0 Å². The summed E-state index contributed by atoms with van der Waals surface area (Å²) in [6.45, 7) is 5.92. The first-order chi connectivity index (χ1) is 18.8. The maximum atomic E-state index is 14.1. The van der Waals surface area contributed by atoms with Crippen molar-refractivity contribution in [2.24, 2.45) is 17.3 Å². The number of aliphatic carboxylic acids is 1. The molecule has 0 radical (unpaired) electrons. The third-order valence-corrected chi connectivity index (χ3v) is 8.38. The first kappa shape index (κ1) is 29.9. The van der Waals surface area contributed by atoms with Gasteiger partial charge < -0.3 is 20.1 Å². The molecule has 1 saturated heterocycles. The van der Waals surface area contributed by atoms with E-state index >= 15 is 0 Å². The third-order valence-electron chi connectivity index (χ3n) is 8.38. The number of benzene rings is 2. The number of hydrogen-bond acceptors (Lipinski definition) is 4. The lowest BCUT2D eigenvalue weighted by Crippen LogP contribution is -2.49. The minimum absolute atomic E-state index is 0.0610. The summed E-state index contributed by atoms with van der Waals surface area (Å²) in [6, 6.07) is 11.1. The molecule has 1 aliphatic heterocycles. The van der Waals surface area contributed by atoms with Crippen LogP contribution in [0.5, 0.6) is 5.75 Å². The quantitative estimate of drug-likeness (QED) is 0.407. The van der Waals surface area contributed by atoms with Crippen LogP contribution >= 0.6 is 0 Å². The highest BCUT2D eigenvalue weighted by Crippen LogP contribution is 2.49. The van der Waals surface area contributed by atoms with Gasteiger partial charge in [0.25, 0.3) is 0 Å². The number of alkyl halides is 3. The number of likely N-dealkylation sites (tertiary alicyclic amines) is 1. The highest BCUT2D eigenvalue weighted by molar-refractivity contribution is 5.87. The average molecular weight is 561 g/mol. The van der Waals surface area contributed by atoms with Crippen LogP contribution in [0.4, 0.5) is 13.2 Å². The van der Waals surface area contributed by atoms with Crippen molar-refractivity contribution in [1.82, 2.24) is 10.2 Å². The van der Waals surface area contributed by atoms with Gasteiger partial charge in [-0.05, 0) is 41.5 Å². The third kappa shape index (κ3) is 6.14. The summed E-state index contributed by atoms with van der Waals surface area (Å²) < 4.78 is 46.0. The second-order valence-corrected chi connectivity index (χ2v) is 12.0. The zero-order valence-electron chi connectivity index (χ0n) is 23.5. The molecule has 1 aliphatic carbocycles. The minimum Gasteiger partial charge on any atom is -0.496 e. The van der Waals surface area contributed by atoms with E-state index in [1.807, 2.05) is 51.1 Å². The molecule has 2 fully saturated rings. The van der Waals surface area contributed by atoms with Gasteiger partial charge in [-0.1, -0.05) is 76.4 Å². The van der Waals surface area contributed by atoms with Gasteiger partial charge >= 0.3 is 12.1 Å². The number of nitrogens with one attached hydrogen (secondary N) is 1. The number of ether oxygens (including phenoxy) is 1. The molecule has 218 valence electrons. The Morgan fingerprint density at radius 3 is 2.23 bits per heavy atom. The van der Waals surface area contributed by atoms with Gasteiger partial charge in [-0.2, -0.15) is 13.2 Å². The summed E-state index contributed by atoms with van der Waals surface area (Å²) in [7, 11) is 1.20. The van der Waals surface area contributed by atoms with Crippen molar-refractivity contribution in [3.63, 3.8) is 0 Å². The van der Waals surface area contributed by atoms with E-state index in [4.69, 9.17) is 4.74 Å². The lowest BCUT2D eigenvalue weighted by molar-refractivity contribution is -0.154. The summed E-state index contributed by atoms with van der Waals surface area (Å²) in [5, 5.41) is 14.0. The summed E-state index contributed by atoms with van der Waals surface area (Å²) in [4.78, 5) is 28.6. The van der Waals surface area contributed by atoms with E-state index in [2.05, 4.69) is 5.32 Å². The van der Waals surface area contributed by atoms with Crippen molar-refractivity contribution in [3.8, 4) is 5.75 Å². The van der Waals surface area contributed by atoms with Gasteiger partial charge in [-0.15, -0.1) is 0 Å². The molecule has 4 atom stereocenters. The van der Waals surface area contributed by atoms with E-state index in [0.29, 0.717) is 5.56 Å². The molecule has 1 heterocycles. The van der Waals surface area contributed by atoms with Gasteiger partial charge in [0.1, 0.15) is 11.8 Å². The number of nitrogens with zero attached hydrogens (tertiary/aromatic N) is 1. The molecule has 0 bridgehead atoms. The van der Waals surface area contributed by atoms with Crippen LogP contribution in [-0.4, -0.2) is 41.1 Å². The van der Waals surface area contributed by atoms with E-state index in [-0.39, 0.29) is 24.1 Å². The van der Waals surface area contributed by atoms with Gasteiger partial charge in [-0.25, -0.2) is 4.79 Å². The molecule has 1 amide bonds. The molecule has 2 N–H and O–H groups in total. The Bertz CT molecular complexity index is 1190. The largest absolute Gasteiger partial charge is 0.496 e. The summed E-state index contributed by atoms with van der Waals surface area (Å²) in [6.07, 6.45) is -0.207. The van der Waals surface area contributed by atoms with Crippen LogP contribution in [0.15, 0.2) is 48.5 Å². The van der Waals surface area contributed by atoms with Crippen LogP contribution in [0, 0.1) is 17.3 Å². The maximum absolute atomic E-state index is 14.1. The summed E-state index contributed by atoms with van der Waals surface area (Å²) in [5.41, 5.74) is -0.221. The molecule has 40 heavy (non-hydrogen) atoms. The molecule has 0 unspecified atom stereocenters. The number of rotatable bonds is 7. The lowest BCUT2D eigenvalue weighted by atomic mass is 9.72. The summed E-state index contributed by atoms with van der Waals surface area (Å²) in [5.74, 6) is -2.23. The monoisotopic (exact) mass is 560 g/mol. The predicted molar refractivity (Wildman–Crippen MR) is 146 cm³/mol. The van der Waals surface area contributed by atoms with Crippen LogP contribution < -0.4 is 10.1 Å². The zero-order valence-corrected chi connectivity index (χ0v) is 23.5. The smallest absolute Gasteiger partial charge is 0.419 e. The van der Waals surface area contributed by atoms with Crippen LogP contribution in [0.1, 0.15) is 75.6 Å². The second kappa shape index (κ2) is 11.8. The lowest BCUT2D eigenvalue weighted by Gasteiger charge is -2.36. The van der Waals surface area contributed by atoms with Crippen molar-refractivity contribution in [1.29, 1.82) is 0 Å². The first-order valence-corrected chi connectivity index (χ1v) is 13.9. The maximum Gasteiger partial charge on any atom is 0.419 e. The number of carboxylic acid groups (broad SMARTS) is 1. The van der Waals surface area contributed by atoms with Crippen molar-refractivity contribution in [2.45, 2.75) is 83.7 Å². The fourth-order valence-corrected chi connectivity index (χ4v) is 6.61. The summed E-state index contributed by atoms with van der Waals surface area (Å²) >= 11 is 0. The van der Waals surface area contributed by atoms with E-state index in [0.717, 1.165) is 43.7 Å². The standard InChI is InChI=1S/C31H39F3N2O4/c1-30(2,3)24-25(35-18-19-15-16-23(40-4)22(17-19)31(32,33)34)26(20-11-7-5-8-12-20)36(27(24)29(38)39)28(37)21-13-9-6-10-14-21/h5,7-8,11-12,15-17,21,24-27,35H,6,9-10,13-14,18H2,1-4H3,(H,38,39)/t24-,25-,26-,27-/m0/s1. The van der Waals surface area contributed by atoms with E-state index in [1.54, 1.807) is 11.0 Å². The van der Waals surface area contributed by atoms with Crippen LogP contribution in [-0.2, 0) is 22.3 Å². The molecule has 0 aromatic heterocycles. The molecule has 6 nitrogen and oxygen atoms in total. The Kier molecular flexibility index (Phi) is 8.83. The van der Waals surface area contributed by atoms with Crippen molar-refractivity contribution in [2.75, 3.05) is 7.11 Å². The Hall–Kier alpha value is -3.07. The molecule has 2 aliphatic rings. The van der Waals surface area contributed by atoms with E-state index in [1.165, 1.54) is 13.2 Å². The fraction of sp³-hybridized carbons (Fsp3) is 0.548. The minimum atomic E-state index is -4.59. The topological polar surface area (TPSA) is 78.9 Å².